The van der Waals surface area contributed by atoms with E-state index >= 15 is 0 Å². The van der Waals surface area contributed by atoms with Crippen molar-refractivity contribution in [2.75, 3.05) is 16.8 Å². The zero-order chi connectivity index (χ0) is 33.4. The van der Waals surface area contributed by atoms with Crippen LogP contribution in [0.3, 0.4) is 0 Å². The van der Waals surface area contributed by atoms with Crippen molar-refractivity contribution in [2.24, 2.45) is 0 Å². The van der Waals surface area contributed by atoms with Crippen LogP contribution >= 0.6 is 0 Å². The standard InChI is InChI=1S/C40H33F2N3O3/c1-4-38(46)44-35-21-31(16-9-25(35)3)45-36(37-24-48-37)18-15-29-22-43-34-17-14-28(19-33(34)39(29)45)27-12-10-26(11-13-27)23-47-32-8-6-7-30(20-32)40(41,42)5-2/h4,6-22H,1,5,23-24H2,2-3H3,(H,44,46)/b37-36-. The third kappa shape index (κ3) is 6.05. The average molecular weight is 642 g/mol. The number of ether oxygens (including phenoxy) is 2. The topological polar surface area (TPSA) is 67.0 Å². The van der Waals surface area contributed by atoms with Gasteiger partial charge >= 0.3 is 0 Å². The van der Waals surface area contributed by atoms with Gasteiger partial charge < -0.3 is 19.7 Å². The van der Waals surface area contributed by atoms with Gasteiger partial charge in [-0.1, -0.05) is 62.0 Å². The summed E-state index contributed by atoms with van der Waals surface area (Å²) >= 11 is 0. The van der Waals surface area contributed by atoms with E-state index < -0.39 is 5.92 Å². The summed E-state index contributed by atoms with van der Waals surface area (Å²) in [7, 11) is 0. The second-order valence-corrected chi connectivity index (χ2v) is 11.8. The van der Waals surface area contributed by atoms with E-state index in [-0.39, 0.29) is 24.5 Å². The number of amides is 1. The first-order valence-corrected chi connectivity index (χ1v) is 15.8. The first-order chi connectivity index (χ1) is 23.2. The van der Waals surface area contributed by atoms with E-state index in [4.69, 9.17) is 14.5 Å². The fourth-order valence-corrected chi connectivity index (χ4v) is 5.82. The van der Waals surface area contributed by atoms with Crippen LogP contribution in [0, 0.1) is 6.92 Å². The van der Waals surface area contributed by atoms with Gasteiger partial charge in [-0.2, -0.15) is 0 Å². The number of anilines is 3. The average Bonchev–Trinajstić information content (AvgIpc) is 3.97. The number of nitrogens with one attached hydrogen (secondary N) is 1. The molecule has 0 aliphatic carbocycles. The van der Waals surface area contributed by atoms with E-state index in [1.54, 1.807) is 12.1 Å². The highest BCUT2D eigenvalue weighted by Crippen LogP contribution is 2.45. The maximum absolute atomic E-state index is 14.2. The predicted molar refractivity (Wildman–Crippen MR) is 186 cm³/mol. The van der Waals surface area contributed by atoms with Gasteiger partial charge in [0.1, 0.15) is 19.0 Å². The molecule has 1 saturated heterocycles. The molecule has 2 aliphatic heterocycles. The fourth-order valence-electron chi connectivity index (χ4n) is 5.82. The summed E-state index contributed by atoms with van der Waals surface area (Å²) in [6.07, 6.45) is 6.95. The number of alkyl halides is 2. The second-order valence-electron chi connectivity index (χ2n) is 11.8. The lowest BCUT2D eigenvalue weighted by atomic mass is 9.97. The highest BCUT2D eigenvalue weighted by molar-refractivity contribution is 6.04. The summed E-state index contributed by atoms with van der Waals surface area (Å²) in [4.78, 5) is 19.1. The zero-order valence-electron chi connectivity index (χ0n) is 26.6. The molecule has 1 aromatic heterocycles. The minimum atomic E-state index is -2.89. The Balaban J connectivity index is 1.21. The number of aryl methyl sites for hydroxylation is 1. The molecule has 48 heavy (non-hydrogen) atoms. The number of pyridine rings is 1. The van der Waals surface area contributed by atoms with Crippen LogP contribution in [0.5, 0.6) is 5.75 Å². The third-order valence-corrected chi connectivity index (χ3v) is 8.64. The number of allylic oxidation sites excluding steroid dienone is 1. The molecule has 0 radical (unpaired) electrons. The Bertz CT molecular complexity index is 2130. The Hall–Kier alpha value is -5.76. The minimum Gasteiger partial charge on any atom is -0.489 e. The molecule has 1 fully saturated rings. The number of halogens is 2. The lowest BCUT2D eigenvalue weighted by molar-refractivity contribution is -0.111. The van der Waals surface area contributed by atoms with Crippen molar-refractivity contribution < 1.29 is 23.0 Å². The molecule has 240 valence electrons. The Kier molecular flexibility index (Phi) is 8.01. The van der Waals surface area contributed by atoms with Crippen LogP contribution in [0.15, 0.2) is 121 Å². The molecule has 6 nitrogen and oxygen atoms in total. The second kappa shape index (κ2) is 12.4. The van der Waals surface area contributed by atoms with Crippen molar-refractivity contribution in [3.8, 4) is 16.9 Å². The summed E-state index contributed by atoms with van der Waals surface area (Å²) in [5, 5.41) is 3.88. The van der Waals surface area contributed by atoms with E-state index in [0.29, 0.717) is 18.0 Å². The quantitative estimate of drug-likeness (QED) is 0.128. The lowest BCUT2D eigenvalue weighted by Crippen LogP contribution is -2.20. The van der Waals surface area contributed by atoms with Gasteiger partial charge in [0.15, 0.2) is 5.76 Å². The molecule has 4 aromatic carbocycles. The van der Waals surface area contributed by atoms with Gasteiger partial charge in [-0.15, -0.1) is 0 Å². The molecule has 7 rings (SSSR count). The number of hydrogen-bond donors (Lipinski definition) is 1. The van der Waals surface area contributed by atoms with Crippen LogP contribution in [0.1, 0.15) is 35.6 Å². The first-order valence-electron chi connectivity index (χ1n) is 15.8. The summed E-state index contributed by atoms with van der Waals surface area (Å²) in [6.45, 7) is 7.81. The summed E-state index contributed by atoms with van der Waals surface area (Å²) in [5.41, 5.74) is 9.08. The number of rotatable bonds is 9. The molecule has 0 spiro atoms. The number of fused-ring (bicyclic) bond motifs is 3. The molecule has 3 heterocycles. The van der Waals surface area contributed by atoms with E-state index in [9.17, 15) is 13.6 Å². The van der Waals surface area contributed by atoms with E-state index in [1.165, 1.54) is 25.1 Å². The number of carbonyl (C=O) groups is 1. The van der Waals surface area contributed by atoms with Gasteiger partial charge in [0.25, 0.3) is 5.92 Å². The van der Waals surface area contributed by atoms with Crippen molar-refractivity contribution in [2.45, 2.75) is 32.8 Å². The first kappa shape index (κ1) is 30.9. The van der Waals surface area contributed by atoms with Gasteiger partial charge in [0, 0.05) is 40.5 Å². The molecular formula is C40H33F2N3O3. The Morgan fingerprint density at radius 2 is 1.83 bits per heavy atom. The summed E-state index contributed by atoms with van der Waals surface area (Å²) in [5.74, 6) is -1.87. The van der Waals surface area contributed by atoms with Crippen molar-refractivity contribution in [1.82, 2.24) is 4.98 Å². The fraction of sp³-hybridized carbons (Fsp3) is 0.150. The van der Waals surface area contributed by atoms with Crippen LogP contribution in [0.4, 0.5) is 25.8 Å². The zero-order valence-corrected chi connectivity index (χ0v) is 26.6. The van der Waals surface area contributed by atoms with Crippen LogP contribution < -0.4 is 15.0 Å². The monoisotopic (exact) mass is 641 g/mol. The maximum atomic E-state index is 14.2. The van der Waals surface area contributed by atoms with Crippen LogP contribution in [0.2, 0.25) is 0 Å². The van der Waals surface area contributed by atoms with Crippen molar-refractivity contribution in [3.63, 3.8) is 0 Å². The largest absolute Gasteiger partial charge is 0.489 e. The molecule has 0 saturated carbocycles. The highest BCUT2D eigenvalue weighted by atomic mass is 19.3. The number of aromatic nitrogens is 1. The molecule has 8 heteroatoms. The molecule has 5 aromatic rings. The van der Waals surface area contributed by atoms with Gasteiger partial charge in [-0.05, 0) is 83.8 Å². The lowest BCUT2D eigenvalue weighted by Gasteiger charge is -2.31. The van der Waals surface area contributed by atoms with E-state index in [1.807, 2.05) is 73.8 Å². The molecule has 0 atom stereocenters. The van der Waals surface area contributed by atoms with E-state index in [0.717, 1.165) is 61.6 Å². The smallest absolute Gasteiger partial charge is 0.273 e. The predicted octanol–water partition coefficient (Wildman–Crippen LogP) is 9.82. The molecular weight excluding hydrogens is 608 g/mol. The van der Waals surface area contributed by atoms with Gasteiger partial charge in [0.2, 0.25) is 5.91 Å². The SMILES string of the molecule is C=CC(=O)Nc1cc(N2/C(=C3/CO3)C=Cc3cnc4ccc(-c5ccc(COc6cccc(C(F)(F)CC)c6)cc5)cc4c32)ccc1C. The van der Waals surface area contributed by atoms with E-state index in [2.05, 4.69) is 28.9 Å². The van der Waals surface area contributed by atoms with Crippen molar-refractivity contribution in [1.29, 1.82) is 0 Å². The molecule has 1 N–H and O–H groups in total. The summed E-state index contributed by atoms with van der Waals surface area (Å²) in [6, 6.07) is 26.3. The highest BCUT2D eigenvalue weighted by Gasteiger charge is 2.31. The maximum Gasteiger partial charge on any atom is 0.273 e. The molecule has 1 amide bonds. The number of benzene rings is 4. The number of epoxide rings is 1. The Morgan fingerprint density at radius 3 is 2.58 bits per heavy atom. The van der Waals surface area contributed by atoms with Crippen LogP contribution in [0.25, 0.3) is 28.1 Å². The third-order valence-electron chi connectivity index (χ3n) is 8.64. The molecule has 0 bridgehead atoms. The number of hydrogen-bond acceptors (Lipinski definition) is 5. The van der Waals surface area contributed by atoms with Crippen LogP contribution in [-0.2, 0) is 22.1 Å². The van der Waals surface area contributed by atoms with Crippen molar-refractivity contribution in [3.05, 3.63) is 144 Å². The molecule has 0 unspecified atom stereocenters. The number of nitrogens with zero attached hydrogens (tertiary/aromatic N) is 2. The van der Waals surface area contributed by atoms with Crippen LogP contribution in [-0.4, -0.2) is 17.5 Å². The Morgan fingerprint density at radius 1 is 1.04 bits per heavy atom. The van der Waals surface area contributed by atoms with Gasteiger partial charge in [-0.25, -0.2) is 8.78 Å². The minimum absolute atomic E-state index is 0.0462. The summed E-state index contributed by atoms with van der Waals surface area (Å²) < 4.78 is 39.9. The van der Waals surface area contributed by atoms with Gasteiger partial charge in [-0.3, -0.25) is 9.78 Å². The molecule has 2 aliphatic rings. The van der Waals surface area contributed by atoms with Gasteiger partial charge in [0.05, 0.1) is 16.9 Å². The number of carbonyl (C=O) groups excluding carboxylic acids is 1. The Labute approximate surface area is 277 Å². The van der Waals surface area contributed by atoms with Crippen molar-refractivity contribution >= 4 is 39.9 Å². The normalized spacial score (nSPS) is 15.1.